The maximum absolute atomic E-state index is 12.7. The second kappa shape index (κ2) is 8.14. The van der Waals surface area contributed by atoms with Gasteiger partial charge in [0.25, 0.3) is 5.91 Å². The molecule has 0 spiro atoms. The highest BCUT2D eigenvalue weighted by molar-refractivity contribution is 5.92. The molecule has 1 amide bonds. The van der Waals surface area contributed by atoms with E-state index in [9.17, 15) is 9.59 Å². The van der Waals surface area contributed by atoms with Crippen molar-refractivity contribution in [1.29, 1.82) is 0 Å². The maximum Gasteiger partial charge on any atom is 0.317 e. The molecule has 1 atom stereocenters. The van der Waals surface area contributed by atoms with E-state index in [0.717, 1.165) is 24.8 Å². The minimum atomic E-state index is -0.834. The smallest absolute Gasteiger partial charge is 0.317 e. The fraction of sp³-hybridized carbons (Fsp3) is 0.421. The molecule has 1 aromatic carbocycles. The first-order valence-electron chi connectivity index (χ1n) is 8.78. The van der Waals surface area contributed by atoms with Crippen molar-refractivity contribution >= 4 is 11.9 Å². The summed E-state index contributed by atoms with van der Waals surface area (Å²) in [6.07, 6.45) is 2.45. The molecule has 1 saturated heterocycles. The molecule has 7 nitrogen and oxygen atoms in total. The van der Waals surface area contributed by atoms with E-state index in [0.29, 0.717) is 18.8 Å². The molecule has 26 heavy (non-hydrogen) atoms. The highest BCUT2D eigenvalue weighted by atomic mass is 16.5. The Bertz CT molecular complexity index is 759. The number of carboxylic acid groups (broad SMARTS) is 1. The fourth-order valence-electron chi connectivity index (χ4n) is 3.34. The number of benzene rings is 1. The van der Waals surface area contributed by atoms with Crippen molar-refractivity contribution in [3.05, 3.63) is 42.2 Å². The average Bonchev–Trinajstić information content (AvgIpc) is 2.99. The monoisotopic (exact) mass is 357 g/mol. The second-order valence-electron chi connectivity index (χ2n) is 6.63. The number of rotatable bonds is 5. The summed E-state index contributed by atoms with van der Waals surface area (Å²) in [5.41, 5.74) is 1.55. The predicted octanol–water partition coefficient (Wildman–Crippen LogP) is 2.35. The quantitative estimate of drug-likeness (QED) is 0.884. The molecule has 0 saturated carbocycles. The molecule has 2 aromatic rings. The molecule has 138 valence electrons. The predicted molar refractivity (Wildman–Crippen MR) is 95.7 cm³/mol. The molecule has 3 rings (SSSR count). The summed E-state index contributed by atoms with van der Waals surface area (Å²) in [6, 6.07) is 11.4. The molecule has 7 heteroatoms. The van der Waals surface area contributed by atoms with Crippen LogP contribution in [0.2, 0.25) is 0 Å². The SMILES string of the molecule is CN(CC(=O)O)C1CCCN(C(=O)c2cc(-c3ccccc3)no2)CC1. The van der Waals surface area contributed by atoms with E-state index >= 15 is 0 Å². The first-order chi connectivity index (χ1) is 12.5. The van der Waals surface area contributed by atoms with Crippen molar-refractivity contribution in [3.63, 3.8) is 0 Å². The minimum absolute atomic E-state index is 0.0150. The standard InChI is InChI=1S/C19H23N3O4/c1-21(13-18(23)24)15-8-5-10-22(11-9-15)19(25)17-12-16(20-26-17)14-6-3-2-4-7-14/h2-4,6-7,12,15H,5,8-11,13H2,1H3,(H,23,24). The number of aromatic nitrogens is 1. The first kappa shape index (κ1) is 18.1. The van der Waals surface area contributed by atoms with Crippen LogP contribution in [0.25, 0.3) is 11.3 Å². The zero-order chi connectivity index (χ0) is 18.5. The van der Waals surface area contributed by atoms with Crippen LogP contribution >= 0.6 is 0 Å². The number of likely N-dealkylation sites (tertiary alicyclic amines) is 1. The summed E-state index contributed by atoms with van der Waals surface area (Å²) in [5.74, 6) is -0.762. The first-order valence-corrected chi connectivity index (χ1v) is 8.78. The van der Waals surface area contributed by atoms with Crippen LogP contribution in [0.1, 0.15) is 29.8 Å². The molecule has 0 aliphatic carbocycles. The fourth-order valence-corrected chi connectivity index (χ4v) is 3.34. The van der Waals surface area contributed by atoms with Crippen molar-refractivity contribution in [1.82, 2.24) is 15.0 Å². The average molecular weight is 357 g/mol. The summed E-state index contributed by atoms with van der Waals surface area (Å²) >= 11 is 0. The molecule has 0 radical (unpaired) electrons. The molecule has 0 bridgehead atoms. The van der Waals surface area contributed by atoms with E-state index in [1.807, 2.05) is 42.3 Å². The van der Waals surface area contributed by atoms with Gasteiger partial charge in [0.1, 0.15) is 5.69 Å². The summed E-state index contributed by atoms with van der Waals surface area (Å²) in [5, 5.41) is 13.0. The molecule has 1 unspecified atom stereocenters. The van der Waals surface area contributed by atoms with Gasteiger partial charge in [0.2, 0.25) is 5.76 Å². The van der Waals surface area contributed by atoms with Gasteiger partial charge in [-0.25, -0.2) is 0 Å². The van der Waals surface area contributed by atoms with Crippen LogP contribution in [-0.4, -0.2) is 64.7 Å². The highest BCUT2D eigenvalue weighted by Gasteiger charge is 2.26. The van der Waals surface area contributed by atoms with Crippen molar-refractivity contribution in [3.8, 4) is 11.3 Å². The number of likely N-dealkylation sites (N-methyl/N-ethyl adjacent to an activating group) is 1. The zero-order valence-electron chi connectivity index (χ0n) is 14.8. The number of hydrogen-bond donors (Lipinski definition) is 1. The third-order valence-electron chi connectivity index (χ3n) is 4.78. The Morgan fingerprint density at radius 3 is 2.77 bits per heavy atom. The summed E-state index contributed by atoms with van der Waals surface area (Å²) in [4.78, 5) is 27.2. The maximum atomic E-state index is 12.7. The number of carboxylic acids is 1. The zero-order valence-corrected chi connectivity index (χ0v) is 14.8. The Labute approximate surface area is 152 Å². The Hall–Kier alpha value is -2.67. The lowest BCUT2D eigenvalue weighted by Gasteiger charge is -2.25. The third kappa shape index (κ3) is 4.29. The Kier molecular flexibility index (Phi) is 5.68. The van der Waals surface area contributed by atoms with Crippen molar-refractivity contribution in [2.45, 2.75) is 25.3 Å². The number of aliphatic carboxylic acids is 1. The van der Waals surface area contributed by atoms with Gasteiger partial charge in [0.15, 0.2) is 0 Å². The van der Waals surface area contributed by atoms with E-state index < -0.39 is 5.97 Å². The lowest BCUT2D eigenvalue weighted by Crippen LogP contribution is -2.37. The molecule has 2 heterocycles. The van der Waals surface area contributed by atoms with Gasteiger partial charge in [-0.05, 0) is 26.3 Å². The number of carbonyl (C=O) groups excluding carboxylic acids is 1. The number of nitrogens with zero attached hydrogens (tertiary/aromatic N) is 3. The van der Waals surface area contributed by atoms with Crippen LogP contribution in [0.15, 0.2) is 40.9 Å². The van der Waals surface area contributed by atoms with Crippen LogP contribution in [0, 0.1) is 0 Å². The number of carbonyl (C=O) groups is 2. The van der Waals surface area contributed by atoms with Gasteiger partial charge in [-0.3, -0.25) is 14.5 Å². The topological polar surface area (TPSA) is 86.9 Å². The summed E-state index contributed by atoms with van der Waals surface area (Å²) < 4.78 is 5.27. The normalized spacial score (nSPS) is 17.9. The van der Waals surface area contributed by atoms with Gasteiger partial charge in [-0.2, -0.15) is 0 Å². The summed E-state index contributed by atoms with van der Waals surface area (Å²) in [7, 11) is 1.82. The second-order valence-corrected chi connectivity index (χ2v) is 6.63. The molecule has 1 aliphatic heterocycles. The van der Waals surface area contributed by atoms with E-state index in [1.54, 1.807) is 11.0 Å². The Balaban J connectivity index is 1.64. The van der Waals surface area contributed by atoms with Gasteiger partial charge in [0.05, 0.1) is 6.54 Å². The van der Waals surface area contributed by atoms with Gasteiger partial charge in [0, 0.05) is 30.8 Å². The summed E-state index contributed by atoms with van der Waals surface area (Å²) in [6.45, 7) is 1.23. The largest absolute Gasteiger partial charge is 0.480 e. The minimum Gasteiger partial charge on any atom is -0.480 e. The van der Waals surface area contributed by atoms with Gasteiger partial charge in [-0.1, -0.05) is 35.5 Å². The Morgan fingerprint density at radius 2 is 2.04 bits per heavy atom. The van der Waals surface area contributed by atoms with Crippen LogP contribution in [-0.2, 0) is 4.79 Å². The van der Waals surface area contributed by atoms with Crippen LogP contribution in [0.3, 0.4) is 0 Å². The number of hydrogen-bond acceptors (Lipinski definition) is 5. The van der Waals surface area contributed by atoms with Crippen LogP contribution in [0.4, 0.5) is 0 Å². The van der Waals surface area contributed by atoms with Crippen LogP contribution < -0.4 is 0 Å². The van der Waals surface area contributed by atoms with Crippen molar-refractivity contribution in [2.75, 3.05) is 26.7 Å². The highest BCUT2D eigenvalue weighted by Crippen LogP contribution is 2.21. The molecule has 1 fully saturated rings. The van der Waals surface area contributed by atoms with E-state index in [2.05, 4.69) is 5.16 Å². The van der Waals surface area contributed by atoms with E-state index in [4.69, 9.17) is 9.63 Å². The van der Waals surface area contributed by atoms with E-state index in [-0.39, 0.29) is 24.3 Å². The van der Waals surface area contributed by atoms with E-state index in [1.165, 1.54) is 0 Å². The number of amides is 1. The molecule has 1 N–H and O–H groups in total. The molecule has 1 aromatic heterocycles. The van der Waals surface area contributed by atoms with Crippen molar-refractivity contribution < 1.29 is 19.2 Å². The van der Waals surface area contributed by atoms with Crippen molar-refractivity contribution in [2.24, 2.45) is 0 Å². The third-order valence-corrected chi connectivity index (χ3v) is 4.78. The van der Waals surface area contributed by atoms with Gasteiger partial charge >= 0.3 is 5.97 Å². The lowest BCUT2D eigenvalue weighted by molar-refractivity contribution is -0.138. The Morgan fingerprint density at radius 1 is 1.27 bits per heavy atom. The van der Waals surface area contributed by atoms with Gasteiger partial charge < -0.3 is 14.5 Å². The molecular formula is C19H23N3O4. The van der Waals surface area contributed by atoms with Crippen LogP contribution in [0.5, 0.6) is 0 Å². The van der Waals surface area contributed by atoms with Gasteiger partial charge in [-0.15, -0.1) is 0 Å². The lowest BCUT2D eigenvalue weighted by atomic mass is 10.1. The molecule has 1 aliphatic rings. The molecular weight excluding hydrogens is 334 g/mol.